The maximum atomic E-state index is 11.5. The highest BCUT2D eigenvalue weighted by molar-refractivity contribution is 5.87. The summed E-state index contributed by atoms with van der Waals surface area (Å²) in [4.78, 5) is 19.6. The lowest BCUT2D eigenvalue weighted by Crippen LogP contribution is -2.28. The molecular formula is C12H12N4O. The van der Waals surface area contributed by atoms with Gasteiger partial charge in [-0.3, -0.25) is 10.3 Å². The lowest BCUT2D eigenvalue weighted by molar-refractivity contribution is 0.251. The minimum Gasteiger partial charge on any atom is -0.332 e. The highest BCUT2D eigenvalue weighted by Crippen LogP contribution is 1.99. The summed E-state index contributed by atoms with van der Waals surface area (Å²) in [6.07, 6.45) is 3.31. The Bertz CT molecular complexity index is 472. The van der Waals surface area contributed by atoms with Crippen LogP contribution in [0, 0.1) is 0 Å². The Morgan fingerprint density at radius 2 is 1.82 bits per heavy atom. The van der Waals surface area contributed by atoms with E-state index in [1.807, 2.05) is 18.2 Å². The van der Waals surface area contributed by atoms with E-state index in [9.17, 15) is 4.79 Å². The number of amides is 2. The van der Waals surface area contributed by atoms with E-state index < -0.39 is 0 Å². The SMILES string of the molecule is O=C(NCc1ccccn1)Nc1ccccn1. The number of aromatic nitrogens is 2. The predicted octanol–water partition coefficient (Wildman–Crippen LogP) is 1.80. The van der Waals surface area contributed by atoms with Crippen LogP contribution < -0.4 is 10.6 Å². The number of nitrogens with one attached hydrogen (secondary N) is 2. The number of hydrogen-bond acceptors (Lipinski definition) is 3. The van der Waals surface area contributed by atoms with E-state index in [0.717, 1.165) is 5.69 Å². The van der Waals surface area contributed by atoms with Gasteiger partial charge < -0.3 is 5.32 Å². The van der Waals surface area contributed by atoms with Crippen molar-refractivity contribution in [3.05, 3.63) is 54.5 Å². The molecule has 86 valence electrons. The summed E-state index contributed by atoms with van der Waals surface area (Å²) in [5, 5.41) is 5.32. The standard InChI is InChI=1S/C12H12N4O/c17-12(16-11-6-2-4-8-14-11)15-9-10-5-1-3-7-13-10/h1-8H,9H2,(H2,14,15,16,17). The van der Waals surface area contributed by atoms with Crippen LogP contribution in [0.3, 0.4) is 0 Å². The molecule has 0 saturated heterocycles. The number of rotatable bonds is 3. The third-order valence-corrected chi connectivity index (χ3v) is 2.06. The molecule has 0 aromatic carbocycles. The summed E-state index contributed by atoms with van der Waals surface area (Å²) in [6.45, 7) is 0.388. The summed E-state index contributed by atoms with van der Waals surface area (Å²) in [7, 11) is 0. The van der Waals surface area contributed by atoms with Gasteiger partial charge in [-0.05, 0) is 24.3 Å². The van der Waals surface area contributed by atoms with Crippen LogP contribution >= 0.6 is 0 Å². The molecule has 2 amide bonds. The quantitative estimate of drug-likeness (QED) is 0.841. The van der Waals surface area contributed by atoms with Gasteiger partial charge in [-0.1, -0.05) is 12.1 Å². The van der Waals surface area contributed by atoms with Gasteiger partial charge in [0.05, 0.1) is 12.2 Å². The van der Waals surface area contributed by atoms with Crippen molar-refractivity contribution in [2.75, 3.05) is 5.32 Å². The monoisotopic (exact) mass is 228 g/mol. The summed E-state index contributed by atoms with van der Waals surface area (Å²) in [6, 6.07) is 10.6. The third-order valence-electron chi connectivity index (χ3n) is 2.06. The fourth-order valence-corrected chi connectivity index (χ4v) is 1.27. The third kappa shape index (κ3) is 3.57. The molecule has 2 N–H and O–H groups in total. The molecule has 0 bridgehead atoms. The molecular weight excluding hydrogens is 216 g/mol. The molecule has 17 heavy (non-hydrogen) atoms. The van der Waals surface area contributed by atoms with Gasteiger partial charge in [0.2, 0.25) is 0 Å². The summed E-state index contributed by atoms with van der Waals surface area (Å²) < 4.78 is 0. The predicted molar refractivity (Wildman–Crippen MR) is 64.3 cm³/mol. The molecule has 2 aromatic heterocycles. The van der Waals surface area contributed by atoms with Crippen molar-refractivity contribution in [1.82, 2.24) is 15.3 Å². The summed E-state index contributed by atoms with van der Waals surface area (Å²) in [5.41, 5.74) is 0.809. The Kier molecular flexibility index (Phi) is 3.64. The molecule has 0 spiro atoms. The highest BCUT2D eigenvalue weighted by atomic mass is 16.2. The number of anilines is 1. The van der Waals surface area contributed by atoms with Gasteiger partial charge in [0, 0.05) is 12.4 Å². The van der Waals surface area contributed by atoms with Crippen molar-refractivity contribution in [3.63, 3.8) is 0 Å². The summed E-state index contributed by atoms with van der Waals surface area (Å²) >= 11 is 0. The van der Waals surface area contributed by atoms with Crippen LogP contribution in [0.25, 0.3) is 0 Å². The summed E-state index contributed by atoms with van der Waals surface area (Å²) in [5.74, 6) is 0.519. The van der Waals surface area contributed by atoms with Crippen LogP contribution in [0.15, 0.2) is 48.8 Å². The molecule has 0 radical (unpaired) electrons. The van der Waals surface area contributed by atoms with Crippen molar-refractivity contribution < 1.29 is 4.79 Å². The maximum Gasteiger partial charge on any atom is 0.320 e. The second kappa shape index (κ2) is 5.60. The van der Waals surface area contributed by atoms with Gasteiger partial charge in [0.15, 0.2) is 0 Å². The van der Waals surface area contributed by atoms with Crippen molar-refractivity contribution in [1.29, 1.82) is 0 Å². The van der Waals surface area contributed by atoms with Gasteiger partial charge in [0.1, 0.15) is 5.82 Å². The smallest absolute Gasteiger partial charge is 0.320 e. The van der Waals surface area contributed by atoms with Crippen molar-refractivity contribution >= 4 is 11.8 Å². The molecule has 0 unspecified atom stereocenters. The van der Waals surface area contributed by atoms with Crippen LogP contribution in [0.5, 0.6) is 0 Å². The lowest BCUT2D eigenvalue weighted by atomic mass is 10.3. The molecule has 0 aliphatic carbocycles. The number of hydrogen-bond donors (Lipinski definition) is 2. The first-order chi connectivity index (χ1) is 8.34. The van der Waals surface area contributed by atoms with E-state index >= 15 is 0 Å². The fourth-order valence-electron chi connectivity index (χ4n) is 1.27. The van der Waals surface area contributed by atoms with E-state index in [4.69, 9.17) is 0 Å². The number of nitrogens with zero attached hydrogens (tertiary/aromatic N) is 2. The van der Waals surface area contributed by atoms with Crippen molar-refractivity contribution in [2.45, 2.75) is 6.54 Å². The zero-order valence-corrected chi connectivity index (χ0v) is 9.13. The van der Waals surface area contributed by atoms with Gasteiger partial charge in [-0.2, -0.15) is 0 Å². The van der Waals surface area contributed by atoms with Gasteiger partial charge in [-0.25, -0.2) is 9.78 Å². The molecule has 2 aromatic rings. The second-order valence-electron chi connectivity index (χ2n) is 3.34. The Hall–Kier alpha value is -2.43. The Labute approximate surface area is 98.9 Å². The minimum atomic E-state index is -0.297. The highest BCUT2D eigenvalue weighted by Gasteiger charge is 2.01. The first-order valence-electron chi connectivity index (χ1n) is 5.20. The first kappa shape index (κ1) is 11.1. The van der Waals surface area contributed by atoms with Gasteiger partial charge >= 0.3 is 6.03 Å². The molecule has 0 fully saturated rings. The van der Waals surface area contributed by atoms with E-state index in [1.165, 1.54) is 0 Å². The largest absolute Gasteiger partial charge is 0.332 e. The van der Waals surface area contributed by atoms with Crippen LogP contribution in [0.1, 0.15) is 5.69 Å². The molecule has 0 aliphatic heterocycles. The van der Waals surface area contributed by atoms with Crippen LogP contribution in [-0.4, -0.2) is 16.0 Å². The van der Waals surface area contributed by atoms with Gasteiger partial charge in [-0.15, -0.1) is 0 Å². The van der Waals surface area contributed by atoms with Crippen LogP contribution in [0.2, 0.25) is 0 Å². The molecule has 0 aliphatic rings. The average Bonchev–Trinajstić information content (AvgIpc) is 2.39. The second-order valence-corrected chi connectivity index (χ2v) is 3.34. The van der Waals surface area contributed by atoms with Gasteiger partial charge in [0.25, 0.3) is 0 Å². The van der Waals surface area contributed by atoms with Crippen molar-refractivity contribution in [3.8, 4) is 0 Å². The Balaban J connectivity index is 1.83. The van der Waals surface area contributed by atoms with E-state index in [-0.39, 0.29) is 6.03 Å². The molecule has 0 atom stereocenters. The zero-order chi connectivity index (χ0) is 11.9. The normalized spacial score (nSPS) is 9.65. The molecule has 0 saturated carbocycles. The molecule has 2 heterocycles. The van der Waals surface area contributed by atoms with E-state index in [2.05, 4.69) is 20.6 Å². The van der Waals surface area contributed by atoms with Crippen LogP contribution in [0.4, 0.5) is 10.6 Å². The number of pyridine rings is 2. The van der Waals surface area contributed by atoms with Crippen LogP contribution in [-0.2, 0) is 6.54 Å². The topological polar surface area (TPSA) is 66.9 Å². The minimum absolute atomic E-state index is 0.297. The van der Waals surface area contributed by atoms with Crippen molar-refractivity contribution in [2.24, 2.45) is 0 Å². The number of carbonyl (C=O) groups is 1. The number of carbonyl (C=O) groups excluding carboxylic acids is 1. The molecule has 5 heteroatoms. The Morgan fingerprint density at radius 1 is 1.06 bits per heavy atom. The number of urea groups is 1. The maximum absolute atomic E-state index is 11.5. The Morgan fingerprint density at radius 3 is 2.47 bits per heavy atom. The van der Waals surface area contributed by atoms with E-state index in [1.54, 1.807) is 30.6 Å². The first-order valence-corrected chi connectivity index (χ1v) is 5.20. The lowest BCUT2D eigenvalue weighted by Gasteiger charge is -2.05. The zero-order valence-electron chi connectivity index (χ0n) is 9.13. The fraction of sp³-hybridized carbons (Fsp3) is 0.0833. The molecule has 2 rings (SSSR count). The molecule has 5 nitrogen and oxygen atoms in total. The average molecular weight is 228 g/mol. The van der Waals surface area contributed by atoms with E-state index in [0.29, 0.717) is 12.4 Å².